The van der Waals surface area contributed by atoms with Crippen molar-refractivity contribution in [1.82, 2.24) is 9.80 Å². The molecule has 4 rings (SSSR count). The van der Waals surface area contributed by atoms with Crippen molar-refractivity contribution in [3.63, 3.8) is 0 Å². The second-order valence-corrected chi connectivity index (χ2v) is 7.36. The SMILES string of the molecule is O=C(C1CC1)N1CC[C@](O)(c2ccccc2)[C@H](N2CCCC2)C1. The highest BCUT2D eigenvalue weighted by Gasteiger charge is 2.48. The zero-order valence-corrected chi connectivity index (χ0v) is 13.7. The Bertz CT molecular complexity index is 566. The van der Waals surface area contributed by atoms with Crippen LogP contribution in [0.5, 0.6) is 0 Å². The van der Waals surface area contributed by atoms with Crippen LogP contribution in [0.25, 0.3) is 0 Å². The third-order valence-corrected chi connectivity index (χ3v) is 5.80. The van der Waals surface area contributed by atoms with Crippen LogP contribution in [0.3, 0.4) is 0 Å². The molecule has 2 atom stereocenters. The van der Waals surface area contributed by atoms with Gasteiger partial charge < -0.3 is 10.0 Å². The first-order valence-electron chi connectivity index (χ1n) is 8.99. The summed E-state index contributed by atoms with van der Waals surface area (Å²) in [4.78, 5) is 16.9. The molecule has 0 spiro atoms. The smallest absolute Gasteiger partial charge is 0.225 e. The Labute approximate surface area is 138 Å². The first-order valence-corrected chi connectivity index (χ1v) is 8.99. The van der Waals surface area contributed by atoms with E-state index in [1.807, 2.05) is 35.2 Å². The molecule has 3 aliphatic rings. The maximum atomic E-state index is 12.5. The van der Waals surface area contributed by atoms with Gasteiger partial charge in [0.2, 0.25) is 5.91 Å². The molecule has 4 nitrogen and oxygen atoms in total. The number of rotatable bonds is 3. The molecular formula is C19H26N2O2. The van der Waals surface area contributed by atoms with Crippen LogP contribution in [0.1, 0.15) is 37.7 Å². The molecule has 3 fully saturated rings. The van der Waals surface area contributed by atoms with Crippen molar-refractivity contribution in [1.29, 1.82) is 0 Å². The summed E-state index contributed by atoms with van der Waals surface area (Å²) in [5.41, 5.74) is 0.154. The molecule has 1 aliphatic carbocycles. The van der Waals surface area contributed by atoms with E-state index in [-0.39, 0.29) is 12.0 Å². The van der Waals surface area contributed by atoms with E-state index in [1.165, 1.54) is 12.8 Å². The molecule has 23 heavy (non-hydrogen) atoms. The van der Waals surface area contributed by atoms with Gasteiger partial charge in [0.25, 0.3) is 0 Å². The fourth-order valence-corrected chi connectivity index (χ4v) is 4.25. The number of hydrogen-bond acceptors (Lipinski definition) is 3. The van der Waals surface area contributed by atoms with Crippen LogP contribution in [-0.2, 0) is 10.4 Å². The average molecular weight is 314 g/mol. The number of aliphatic hydroxyl groups is 1. The minimum atomic E-state index is -0.841. The molecule has 4 heteroatoms. The molecule has 1 aromatic carbocycles. The molecule has 1 aromatic rings. The van der Waals surface area contributed by atoms with Gasteiger partial charge >= 0.3 is 0 Å². The lowest BCUT2D eigenvalue weighted by Crippen LogP contribution is -2.61. The Morgan fingerprint density at radius 1 is 1.09 bits per heavy atom. The van der Waals surface area contributed by atoms with Crippen molar-refractivity contribution in [2.45, 2.75) is 43.7 Å². The summed E-state index contributed by atoms with van der Waals surface area (Å²) in [6, 6.07) is 10.1. The molecular weight excluding hydrogens is 288 g/mol. The number of piperidine rings is 1. The van der Waals surface area contributed by atoms with Gasteiger partial charge in [-0.2, -0.15) is 0 Å². The van der Waals surface area contributed by atoms with Crippen LogP contribution < -0.4 is 0 Å². The highest BCUT2D eigenvalue weighted by molar-refractivity contribution is 5.81. The topological polar surface area (TPSA) is 43.8 Å². The van der Waals surface area contributed by atoms with E-state index >= 15 is 0 Å². The maximum Gasteiger partial charge on any atom is 0.225 e. The van der Waals surface area contributed by atoms with E-state index in [0.29, 0.717) is 25.4 Å². The Kier molecular flexibility index (Phi) is 3.90. The number of benzene rings is 1. The Morgan fingerprint density at radius 2 is 1.78 bits per heavy atom. The number of hydrogen-bond donors (Lipinski definition) is 1. The maximum absolute atomic E-state index is 12.5. The first-order chi connectivity index (χ1) is 11.2. The van der Waals surface area contributed by atoms with Gasteiger partial charge in [0.15, 0.2) is 0 Å². The Morgan fingerprint density at radius 3 is 2.43 bits per heavy atom. The largest absolute Gasteiger partial charge is 0.383 e. The quantitative estimate of drug-likeness (QED) is 0.928. The summed E-state index contributed by atoms with van der Waals surface area (Å²) >= 11 is 0. The predicted octanol–water partition coefficient (Wildman–Crippen LogP) is 1.98. The number of nitrogens with zero attached hydrogens (tertiary/aromatic N) is 2. The zero-order valence-electron chi connectivity index (χ0n) is 13.7. The normalized spacial score (nSPS) is 32.2. The van der Waals surface area contributed by atoms with Crippen molar-refractivity contribution in [3.05, 3.63) is 35.9 Å². The van der Waals surface area contributed by atoms with Crippen molar-refractivity contribution >= 4 is 5.91 Å². The zero-order chi connectivity index (χ0) is 15.9. The monoisotopic (exact) mass is 314 g/mol. The minimum absolute atomic E-state index is 0.0175. The van der Waals surface area contributed by atoms with Crippen molar-refractivity contribution in [3.8, 4) is 0 Å². The van der Waals surface area contributed by atoms with E-state index in [9.17, 15) is 9.90 Å². The van der Waals surface area contributed by atoms with Crippen LogP contribution in [0.15, 0.2) is 30.3 Å². The van der Waals surface area contributed by atoms with Crippen LogP contribution in [-0.4, -0.2) is 53.0 Å². The molecule has 124 valence electrons. The van der Waals surface area contributed by atoms with E-state index < -0.39 is 5.60 Å². The second kappa shape index (κ2) is 5.91. The van der Waals surface area contributed by atoms with Gasteiger partial charge in [-0.1, -0.05) is 30.3 Å². The molecule has 0 aromatic heterocycles. The van der Waals surface area contributed by atoms with E-state index in [2.05, 4.69) is 4.90 Å². The van der Waals surface area contributed by atoms with E-state index in [1.54, 1.807) is 0 Å². The van der Waals surface area contributed by atoms with Gasteiger partial charge in [-0.25, -0.2) is 0 Å². The number of amides is 1. The van der Waals surface area contributed by atoms with Crippen LogP contribution in [0.2, 0.25) is 0 Å². The number of carbonyl (C=O) groups excluding carboxylic acids is 1. The summed E-state index contributed by atoms with van der Waals surface area (Å²) in [7, 11) is 0. The van der Waals surface area contributed by atoms with Crippen LogP contribution in [0.4, 0.5) is 0 Å². The number of likely N-dealkylation sites (tertiary alicyclic amines) is 2. The van der Waals surface area contributed by atoms with Crippen molar-refractivity contribution < 1.29 is 9.90 Å². The molecule has 1 saturated carbocycles. The third kappa shape index (κ3) is 2.79. The summed E-state index contributed by atoms with van der Waals surface area (Å²) in [6.07, 6.45) is 5.12. The van der Waals surface area contributed by atoms with Gasteiger partial charge in [-0.05, 0) is 50.8 Å². The Balaban J connectivity index is 1.61. The Hall–Kier alpha value is -1.39. The fraction of sp³-hybridized carbons (Fsp3) is 0.632. The van der Waals surface area contributed by atoms with Gasteiger partial charge in [0.1, 0.15) is 5.60 Å². The van der Waals surface area contributed by atoms with E-state index in [0.717, 1.165) is 31.5 Å². The standard InChI is InChI=1S/C19H26N2O2/c22-18(15-8-9-15)21-13-10-19(23,16-6-2-1-3-7-16)17(14-21)20-11-4-5-12-20/h1-3,6-7,15,17,23H,4-5,8-14H2/t17-,19+/m1/s1. The summed E-state index contributed by atoms with van der Waals surface area (Å²) in [5, 5.41) is 11.5. The molecule has 1 N–H and O–H groups in total. The minimum Gasteiger partial charge on any atom is -0.383 e. The highest BCUT2D eigenvalue weighted by atomic mass is 16.3. The van der Waals surface area contributed by atoms with Gasteiger partial charge in [-0.3, -0.25) is 9.69 Å². The molecule has 2 aliphatic heterocycles. The van der Waals surface area contributed by atoms with Crippen LogP contribution >= 0.6 is 0 Å². The van der Waals surface area contributed by atoms with Crippen molar-refractivity contribution in [2.24, 2.45) is 5.92 Å². The van der Waals surface area contributed by atoms with E-state index in [4.69, 9.17) is 0 Å². The van der Waals surface area contributed by atoms with Gasteiger partial charge in [0.05, 0.1) is 6.04 Å². The second-order valence-electron chi connectivity index (χ2n) is 7.36. The molecule has 0 bridgehead atoms. The van der Waals surface area contributed by atoms with Gasteiger partial charge in [0, 0.05) is 19.0 Å². The summed E-state index contributed by atoms with van der Waals surface area (Å²) in [6.45, 7) is 3.41. The number of carbonyl (C=O) groups is 1. The molecule has 1 amide bonds. The lowest BCUT2D eigenvalue weighted by Gasteiger charge is -2.48. The van der Waals surface area contributed by atoms with Crippen LogP contribution in [0, 0.1) is 5.92 Å². The molecule has 0 radical (unpaired) electrons. The first kappa shape index (κ1) is 15.2. The summed E-state index contributed by atoms with van der Waals surface area (Å²) in [5.74, 6) is 0.571. The summed E-state index contributed by atoms with van der Waals surface area (Å²) < 4.78 is 0. The molecule has 0 unspecified atom stereocenters. The van der Waals surface area contributed by atoms with Gasteiger partial charge in [-0.15, -0.1) is 0 Å². The predicted molar refractivity (Wildman–Crippen MR) is 88.9 cm³/mol. The lowest BCUT2D eigenvalue weighted by molar-refractivity contribution is -0.144. The lowest BCUT2D eigenvalue weighted by atomic mass is 9.79. The third-order valence-electron chi connectivity index (χ3n) is 5.80. The van der Waals surface area contributed by atoms with Crippen molar-refractivity contribution in [2.75, 3.05) is 26.2 Å². The fourth-order valence-electron chi connectivity index (χ4n) is 4.25. The molecule has 2 saturated heterocycles. The molecule has 2 heterocycles. The average Bonchev–Trinajstić information content (AvgIpc) is 3.30. The highest BCUT2D eigenvalue weighted by Crippen LogP contribution is 2.39.